The lowest BCUT2D eigenvalue weighted by Gasteiger charge is -2.38. The summed E-state index contributed by atoms with van der Waals surface area (Å²) in [4.78, 5) is 50.0. The molecule has 2 aliphatic rings. The van der Waals surface area contributed by atoms with Gasteiger partial charge >= 0.3 is 12.1 Å². The van der Waals surface area contributed by atoms with Gasteiger partial charge in [-0.15, -0.1) is 0 Å². The van der Waals surface area contributed by atoms with E-state index in [1.807, 2.05) is 0 Å². The number of ether oxygens (including phenoxy) is 1. The van der Waals surface area contributed by atoms with Gasteiger partial charge in [0.25, 0.3) is 11.8 Å². The molecule has 0 atom stereocenters. The number of fused-ring (bicyclic) bond motifs is 1. The van der Waals surface area contributed by atoms with Crippen molar-refractivity contribution in [2.45, 2.75) is 26.4 Å². The molecular weight excluding hydrogens is 354 g/mol. The van der Waals surface area contributed by atoms with Crippen molar-refractivity contribution in [2.24, 2.45) is 0 Å². The highest BCUT2D eigenvalue weighted by Gasteiger charge is 2.41. The van der Waals surface area contributed by atoms with Crippen molar-refractivity contribution >= 4 is 23.9 Å². The van der Waals surface area contributed by atoms with Gasteiger partial charge in [0, 0.05) is 26.2 Å². The second-order valence-corrected chi connectivity index (χ2v) is 7.41. The Morgan fingerprint density at radius 3 is 2.15 bits per heavy atom. The van der Waals surface area contributed by atoms with E-state index >= 15 is 0 Å². The lowest BCUT2D eigenvalue weighted by molar-refractivity contribution is -0.0287. The van der Waals surface area contributed by atoms with Crippen LogP contribution in [0.5, 0.6) is 0 Å². The molecule has 9 nitrogen and oxygen atoms in total. The summed E-state index contributed by atoms with van der Waals surface area (Å²) < 4.78 is 5.33. The zero-order valence-corrected chi connectivity index (χ0v) is 15.4. The van der Waals surface area contributed by atoms with E-state index in [0.29, 0.717) is 13.1 Å². The molecule has 3 amide bonds. The number of carbonyl (C=O) groups excluding carboxylic acids is 3. The molecule has 1 saturated heterocycles. The Kier molecular flexibility index (Phi) is 4.64. The first-order valence-electron chi connectivity index (χ1n) is 8.57. The van der Waals surface area contributed by atoms with Crippen LogP contribution in [0.2, 0.25) is 0 Å². The Morgan fingerprint density at radius 1 is 1.00 bits per heavy atom. The monoisotopic (exact) mass is 375 g/mol. The van der Waals surface area contributed by atoms with E-state index in [-0.39, 0.29) is 29.8 Å². The number of hydrogen-bond donors (Lipinski definition) is 1. The number of aromatic carboxylic acids is 1. The number of carboxylic acid groups (broad SMARTS) is 1. The number of hydrogen-bond acceptors (Lipinski definition) is 6. The molecule has 1 aromatic rings. The molecule has 1 N–H and O–H groups in total. The fraction of sp³-hybridized carbons (Fsp3) is 0.444. The summed E-state index contributed by atoms with van der Waals surface area (Å²) in [6.07, 6.45) is -0.435. The molecule has 27 heavy (non-hydrogen) atoms. The zero-order chi connectivity index (χ0) is 19.9. The van der Waals surface area contributed by atoms with Gasteiger partial charge in [-0.25, -0.2) is 19.6 Å². The molecule has 144 valence electrons. The molecule has 0 radical (unpaired) electrons. The van der Waals surface area contributed by atoms with Crippen molar-refractivity contribution in [3.8, 4) is 0 Å². The lowest BCUT2D eigenvalue weighted by Crippen LogP contribution is -2.57. The largest absolute Gasteiger partial charge is 0.478 e. The van der Waals surface area contributed by atoms with Gasteiger partial charge < -0.3 is 14.7 Å². The van der Waals surface area contributed by atoms with Crippen LogP contribution in [0.25, 0.3) is 0 Å². The second-order valence-electron chi connectivity index (χ2n) is 7.41. The van der Waals surface area contributed by atoms with Crippen molar-refractivity contribution in [3.05, 3.63) is 34.9 Å². The third-order valence-corrected chi connectivity index (χ3v) is 4.30. The highest BCUT2D eigenvalue weighted by Crippen LogP contribution is 2.26. The molecule has 3 rings (SSSR count). The van der Waals surface area contributed by atoms with E-state index in [9.17, 15) is 19.2 Å². The van der Waals surface area contributed by atoms with Gasteiger partial charge in [-0.05, 0) is 39.0 Å². The Labute approximate surface area is 156 Å². The van der Waals surface area contributed by atoms with Crippen LogP contribution in [0, 0.1) is 0 Å². The average Bonchev–Trinajstić information content (AvgIpc) is 2.84. The minimum Gasteiger partial charge on any atom is -0.478 e. The van der Waals surface area contributed by atoms with E-state index in [1.165, 1.54) is 23.1 Å². The van der Waals surface area contributed by atoms with Crippen LogP contribution in [0.1, 0.15) is 51.8 Å². The second kappa shape index (κ2) is 6.66. The number of piperazine rings is 1. The van der Waals surface area contributed by atoms with Crippen molar-refractivity contribution in [1.29, 1.82) is 0 Å². The average molecular weight is 375 g/mol. The van der Waals surface area contributed by atoms with Crippen LogP contribution in [0.3, 0.4) is 0 Å². The minimum absolute atomic E-state index is 0.0495. The number of nitrogens with zero attached hydrogens (tertiary/aromatic N) is 3. The quantitative estimate of drug-likeness (QED) is 0.780. The van der Waals surface area contributed by atoms with Crippen LogP contribution in [0.4, 0.5) is 4.79 Å². The van der Waals surface area contributed by atoms with Crippen molar-refractivity contribution < 1.29 is 29.0 Å². The van der Waals surface area contributed by atoms with Gasteiger partial charge in [0.1, 0.15) is 5.60 Å². The SMILES string of the molecule is CC(C)(C)OC(=O)N1CCN(N2C(=O)c3ccc(C(=O)O)cc3C2=O)CC1. The van der Waals surface area contributed by atoms with E-state index < -0.39 is 29.5 Å². The number of benzene rings is 1. The fourth-order valence-corrected chi connectivity index (χ4v) is 3.02. The van der Waals surface area contributed by atoms with E-state index in [4.69, 9.17) is 9.84 Å². The van der Waals surface area contributed by atoms with E-state index in [1.54, 1.807) is 25.8 Å². The Morgan fingerprint density at radius 2 is 1.59 bits per heavy atom. The van der Waals surface area contributed by atoms with E-state index in [2.05, 4.69) is 0 Å². The Bertz CT molecular complexity index is 821. The highest BCUT2D eigenvalue weighted by atomic mass is 16.6. The van der Waals surface area contributed by atoms with Crippen LogP contribution in [-0.4, -0.2) is 75.7 Å². The summed E-state index contributed by atoms with van der Waals surface area (Å²) >= 11 is 0. The van der Waals surface area contributed by atoms with Crippen LogP contribution < -0.4 is 0 Å². The first-order valence-corrected chi connectivity index (χ1v) is 8.57. The zero-order valence-electron chi connectivity index (χ0n) is 15.4. The number of carboxylic acids is 1. The Hall–Kier alpha value is -2.94. The normalized spacial score (nSPS) is 17.9. The number of hydrazine groups is 1. The first kappa shape index (κ1) is 18.8. The summed E-state index contributed by atoms with van der Waals surface area (Å²) in [7, 11) is 0. The van der Waals surface area contributed by atoms with Gasteiger partial charge in [-0.1, -0.05) is 0 Å². The summed E-state index contributed by atoms with van der Waals surface area (Å²) in [6, 6.07) is 3.88. The number of rotatable bonds is 2. The molecule has 0 unspecified atom stereocenters. The third kappa shape index (κ3) is 3.63. The van der Waals surface area contributed by atoms with Gasteiger partial charge in [0.2, 0.25) is 0 Å². The number of carbonyl (C=O) groups is 4. The van der Waals surface area contributed by atoms with Crippen molar-refractivity contribution in [1.82, 2.24) is 14.9 Å². The number of imide groups is 1. The standard InChI is InChI=1S/C18H21N3O6/c1-18(2,3)27-17(26)19-6-8-20(9-7-19)21-14(22)12-5-4-11(16(24)25)10-13(12)15(21)23/h4-5,10H,6-9H2,1-3H3,(H,24,25). The predicted octanol–water partition coefficient (Wildman–Crippen LogP) is 1.45. The Balaban J connectivity index is 1.70. The molecule has 2 heterocycles. The summed E-state index contributed by atoms with van der Waals surface area (Å²) in [5.74, 6) is -2.20. The maximum Gasteiger partial charge on any atom is 0.410 e. The predicted molar refractivity (Wildman–Crippen MR) is 93.3 cm³/mol. The molecule has 0 bridgehead atoms. The molecule has 1 fully saturated rings. The smallest absolute Gasteiger partial charge is 0.410 e. The highest BCUT2D eigenvalue weighted by molar-refractivity contribution is 6.21. The maximum absolute atomic E-state index is 12.6. The minimum atomic E-state index is -1.16. The molecule has 0 saturated carbocycles. The van der Waals surface area contributed by atoms with E-state index in [0.717, 1.165) is 5.01 Å². The molecule has 2 aliphatic heterocycles. The summed E-state index contributed by atoms with van der Waals surface area (Å²) in [5.41, 5.74) is -0.390. The van der Waals surface area contributed by atoms with Crippen molar-refractivity contribution in [2.75, 3.05) is 26.2 Å². The summed E-state index contributed by atoms with van der Waals surface area (Å²) in [5, 5.41) is 11.7. The van der Waals surface area contributed by atoms with Gasteiger partial charge in [-0.3, -0.25) is 9.59 Å². The van der Waals surface area contributed by atoms with Gasteiger partial charge in [0.05, 0.1) is 16.7 Å². The van der Waals surface area contributed by atoms with Crippen molar-refractivity contribution in [3.63, 3.8) is 0 Å². The van der Waals surface area contributed by atoms with Crippen LogP contribution in [-0.2, 0) is 4.74 Å². The van der Waals surface area contributed by atoms with Gasteiger partial charge in [0.15, 0.2) is 0 Å². The van der Waals surface area contributed by atoms with Crippen LogP contribution in [0.15, 0.2) is 18.2 Å². The third-order valence-electron chi connectivity index (χ3n) is 4.30. The topological polar surface area (TPSA) is 107 Å². The van der Waals surface area contributed by atoms with Gasteiger partial charge in [-0.2, -0.15) is 0 Å². The fourth-order valence-electron chi connectivity index (χ4n) is 3.02. The first-order chi connectivity index (χ1) is 12.6. The number of amides is 3. The molecule has 0 aromatic heterocycles. The molecule has 1 aromatic carbocycles. The molecule has 0 spiro atoms. The summed E-state index contributed by atoms with van der Waals surface area (Å²) in [6.45, 7) is 6.54. The molecule has 9 heteroatoms. The maximum atomic E-state index is 12.6. The molecule has 0 aliphatic carbocycles. The lowest BCUT2D eigenvalue weighted by atomic mass is 10.1. The van der Waals surface area contributed by atoms with Crippen LogP contribution >= 0.6 is 0 Å². The molecular formula is C18H21N3O6.